The highest BCUT2D eigenvalue weighted by molar-refractivity contribution is 7.16. The summed E-state index contributed by atoms with van der Waals surface area (Å²) in [5, 5.41) is 0.0418. The molecule has 0 saturated carbocycles. The highest BCUT2D eigenvalue weighted by Gasteiger charge is 2.17. The van der Waals surface area contributed by atoms with E-state index in [2.05, 4.69) is 4.99 Å². The van der Waals surface area contributed by atoms with Crippen molar-refractivity contribution >= 4 is 39.1 Å². The van der Waals surface area contributed by atoms with Gasteiger partial charge in [-0.25, -0.2) is 4.39 Å². The Hall–Kier alpha value is -2.38. The third-order valence-electron chi connectivity index (χ3n) is 4.02. The molecule has 4 rings (SSSR count). The van der Waals surface area contributed by atoms with E-state index in [0.717, 1.165) is 16.3 Å². The molecule has 0 saturated heterocycles. The molecule has 1 aromatic heterocycles. The molecule has 0 atom stereocenters. The second-order valence-electron chi connectivity index (χ2n) is 5.63. The number of aryl methyl sites for hydroxylation is 1. The lowest BCUT2D eigenvalue weighted by molar-refractivity contribution is 0.0998. The van der Waals surface area contributed by atoms with E-state index in [1.807, 2.05) is 23.6 Å². The highest BCUT2D eigenvalue weighted by Crippen LogP contribution is 2.35. The summed E-state index contributed by atoms with van der Waals surface area (Å²) in [7, 11) is 0. The summed E-state index contributed by atoms with van der Waals surface area (Å²) < 4.78 is 27.3. The first-order valence-corrected chi connectivity index (χ1v) is 9.23. The second-order valence-corrected chi connectivity index (χ2v) is 7.05. The number of aromatic nitrogens is 1. The molecule has 8 heteroatoms. The molecular formula is C18H14ClFN2O3S. The first kappa shape index (κ1) is 17.1. The third kappa shape index (κ3) is 2.97. The van der Waals surface area contributed by atoms with E-state index in [4.69, 9.17) is 21.1 Å². The third-order valence-corrected chi connectivity index (χ3v) is 5.38. The highest BCUT2D eigenvalue weighted by atomic mass is 35.5. The van der Waals surface area contributed by atoms with Crippen molar-refractivity contribution in [3.05, 3.63) is 51.5 Å². The van der Waals surface area contributed by atoms with Crippen molar-refractivity contribution in [2.45, 2.75) is 13.5 Å². The minimum Gasteiger partial charge on any atom is -0.486 e. The Morgan fingerprint density at radius 1 is 1.27 bits per heavy atom. The van der Waals surface area contributed by atoms with Crippen molar-refractivity contribution in [2.24, 2.45) is 4.99 Å². The molecule has 0 spiro atoms. The van der Waals surface area contributed by atoms with Gasteiger partial charge in [0.25, 0.3) is 5.91 Å². The maximum atomic E-state index is 13.2. The van der Waals surface area contributed by atoms with Gasteiger partial charge < -0.3 is 14.0 Å². The quantitative estimate of drug-likeness (QED) is 0.661. The maximum Gasteiger partial charge on any atom is 0.281 e. The Morgan fingerprint density at radius 3 is 2.69 bits per heavy atom. The summed E-state index contributed by atoms with van der Waals surface area (Å²) in [4.78, 5) is 17.3. The summed E-state index contributed by atoms with van der Waals surface area (Å²) in [6.07, 6.45) is 0. The van der Waals surface area contributed by atoms with E-state index < -0.39 is 11.7 Å². The number of amides is 1. The first-order valence-electron chi connectivity index (χ1n) is 8.04. The van der Waals surface area contributed by atoms with Crippen molar-refractivity contribution < 1.29 is 18.7 Å². The average molecular weight is 393 g/mol. The standard InChI is InChI=1S/C18H14ClFN2O3S/c1-2-22-13-8-14-15(25-6-5-24-14)9-16(13)26-18(22)21-17(23)11-4-3-10(20)7-12(11)19/h3-4,7-9H,2,5-6H2,1H3. The van der Waals surface area contributed by atoms with Gasteiger partial charge >= 0.3 is 0 Å². The minimum absolute atomic E-state index is 0.0418. The fraction of sp³-hybridized carbons (Fsp3) is 0.222. The summed E-state index contributed by atoms with van der Waals surface area (Å²) in [6.45, 7) is 3.62. The van der Waals surface area contributed by atoms with Crippen LogP contribution < -0.4 is 14.3 Å². The molecule has 0 N–H and O–H groups in total. The Morgan fingerprint density at radius 2 is 2.00 bits per heavy atom. The number of hydrogen-bond donors (Lipinski definition) is 0. The van der Waals surface area contributed by atoms with Gasteiger partial charge in [-0.15, -0.1) is 0 Å². The molecule has 2 aromatic carbocycles. The van der Waals surface area contributed by atoms with Crippen molar-refractivity contribution in [1.29, 1.82) is 0 Å². The van der Waals surface area contributed by atoms with Crippen LogP contribution in [0.25, 0.3) is 10.2 Å². The summed E-state index contributed by atoms with van der Waals surface area (Å²) in [6, 6.07) is 7.43. The monoisotopic (exact) mass is 392 g/mol. The van der Waals surface area contributed by atoms with E-state index >= 15 is 0 Å². The van der Waals surface area contributed by atoms with E-state index in [0.29, 0.717) is 36.1 Å². The van der Waals surface area contributed by atoms with Gasteiger partial charge in [0.05, 0.1) is 20.8 Å². The SMILES string of the molecule is CCn1c(=NC(=O)c2ccc(F)cc2Cl)sc2cc3c(cc21)OCCO3. The Bertz CT molecular complexity index is 1090. The van der Waals surface area contributed by atoms with Crippen molar-refractivity contribution in [3.63, 3.8) is 0 Å². The van der Waals surface area contributed by atoms with Gasteiger partial charge in [0.2, 0.25) is 0 Å². The predicted octanol–water partition coefficient (Wildman–Crippen LogP) is 4.03. The maximum absolute atomic E-state index is 13.2. The van der Waals surface area contributed by atoms with Gasteiger partial charge in [-0.3, -0.25) is 4.79 Å². The number of rotatable bonds is 2. The van der Waals surface area contributed by atoms with E-state index in [1.165, 1.54) is 23.5 Å². The molecule has 0 bridgehead atoms. The van der Waals surface area contributed by atoms with Crippen LogP contribution in [0.4, 0.5) is 4.39 Å². The lowest BCUT2D eigenvalue weighted by Gasteiger charge is -2.18. The Balaban J connectivity index is 1.85. The second kappa shape index (κ2) is 6.74. The van der Waals surface area contributed by atoms with Crippen molar-refractivity contribution in [2.75, 3.05) is 13.2 Å². The van der Waals surface area contributed by atoms with Gasteiger partial charge in [0.1, 0.15) is 19.0 Å². The van der Waals surface area contributed by atoms with Crippen LogP contribution in [0.15, 0.2) is 35.3 Å². The lowest BCUT2D eigenvalue weighted by atomic mass is 10.2. The molecule has 1 amide bonds. The normalized spacial score (nSPS) is 14.0. The molecule has 134 valence electrons. The van der Waals surface area contributed by atoms with Crippen LogP contribution in [0, 0.1) is 5.82 Å². The van der Waals surface area contributed by atoms with E-state index in [1.54, 1.807) is 0 Å². The summed E-state index contributed by atoms with van der Waals surface area (Å²) in [5.74, 6) is 0.361. The smallest absolute Gasteiger partial charge is 0.281 e. The fourth-order valence-corrected chi connectivity index (χ4v) is 4.16. The summed E-state index contributed by atoms with van der Waals surface area (Å²) >= 11 is 7.35. The number of halogens is 2. The van der Waals surface area contributed by atoms with Gasteiger partial charge in [-0.05, 0) is 25.1 Å². The number of carbonyl (C=O) groups is 1. The zero-order valence-electron chi connectivity index (χ0n) is 13.8. The van der Waals surface area contributed by atoms with Gasteiger partial charge in [0.15, 0.2) is 16.3 Å². The molecule has 0 radical (unpaired) electrons. The number of carbonyl (C=O) groups excluding carboxylic acids is 1. The minimum atomic E-state index is -0.513. The van der Waals surface area contributed by atoms with Crippen LogP contribution in [0.3, 0.4) is 0 Å². The number of hydrogen-bond acceptors (Lipinski definition) is 4. The molecule has 5 nitrogen and oxygen atoms in total. The largest absolute Gasteiger partial charge is 0.486 e. The topological polar surface area (TPSA) is 52.8 Å². The number of thiazole rings is 1. The van der Waals surface area contributed by atoms with Crippen LogP contribution in [-0.2, 0) is 6.54 Å². The zero-order chi connectivity index (χ0) is 18.3. The van der Waals surface area contributed by atoms with Gasteiger partial charge in [0, 0.05) is 18.7 Å². The zero-order valence-corrected chi connectivity index (χ0v) is 15.4. The van der Waals surface area contributed by atoms with Crippen LogP contribution in [-0.4, -0.2) is 23.7 Å². The first-order chi connectivity index (χ1) is 12.6. The van der Waals surface area contributed by atoms with Crippen LogP contribution >= 0.6 is 22.9 Å². The lowest BCUT2D eigenvalue weighted by Crippen LogP contribution is -2.17. The molecule has 1 aliphatic rings. The van der Waals surface area contributed by atoms with E-state index in [-0.39, 0.29) is 10.6 Å². The number of fused-ring (bicyclic) bond motifs is 2. The molecule has 0 fully saturated rings. The predicted molar refractivity (Wildman–Crippen MR) is 97.8 cm³/mol. The molecule has 1 aliphatic heterocycles. The average Bonchev–Trinajstić information content (AvgIpc) is 2.95. The molecule has 0 aliphatic carbocycles. The molecular weight excluding hydrogens is 379 g/mol. The molecule has 2 heterocycles. The Kier molecular flexibility index (Phi) is 4.42. The number of nitrogens with zero attached hydrogens (tertiary/aromatic N) is 2. The van der Waals surface area contributed by atoms with Gasteiger partial charge in [-0.1, -0.05) is 22.9 Å². The van der Waals surface area contributed by atoms with Crippen molar-refractivity contribution in [1.82, 2.24) is 4.57 Å². The number of ether oxygens (including phenoxy) is 2. The van der Waals surface area contributed by atoms with Crippen molar-refractivity contribution in [3.8, 4) is 11.5 Å². The Labute approximate surface area is 157 Å². The molecule has 0 unspecified atom stereocenters. The van der Waals surface area contributed by atoms with Crippen LogP contribution in [0.1, 0.15) is 17.3 Å². The fourth-order valence-electron chi connectivity index (χ4n) is 2.81. The molecule has 26 heavy (non-hydrogen) atoms. The van der Waals surface area contributed by atoms with Crippen LogP contribution in [0.5, 0.6) is 11.5 Å². The summed E-state index contributed by atoms with van der Waals surface area (Å²) in [5.41, 5.74) is 1.08. The number of benzene rings is 2. The van der Waals surface area contributed by atoms with Crippen LogP contribution in [0.2, 0.25) is 5.02 Å². The van der Waals surface area contributed by atoms with Gasteiger partial charge in [-0.2, -0.15) is 4.99 Å². The van der Waals surface area contributed by atoms with E-state index in [9.17, 15) is 9.18 Å². The molecule has 3 aromatic rings.